The Hall–Kier alpha value is -1.30. The molecule has 6 heteroatoms. The number of hydrogen-bond acceptors (Lipinski definition) is 4. The minimum Gasteiger partial charge on any atom is -0.397 e. The fraction of sp³-hybridized carbons (Fsp3) is 0.533. The zero-order valence-electron chi connectivity index (χ0n) is 13.0. The molecule has 0 aliphatic rings. The molecule has 1 rings (SSSR count). The number of nitrogens with two attached hydrogens (primary N) is 1. The van der Waals surface area contributed by atoms with Crippen molar-refractivity contribution in [3.05, 3.63) is 23.2 Å². The number of nitrogen functional groups attached to an aromatic ring is 1. The number of rotatable bonds is 8. The third-order valence-corrected chi connectivity index (χ3v) is 3.42. The number of amides is 1. The summed E-state index contributed by atoms with van der Waals surface area (Å²) in [7, 11) is 4.09. The first-order chi connectivity index (χ1) is 9.92. The van der Waals surface area contributed by atoms with Crippen LogP contribution in [0.25, 0.3) is 0 Å². The number of anilines is 2. The van der Waals surface area contributed by atoms with E-state index in [1.807, 2.05) is 14.1 Å². The van der Waals surface area contributed by atoms with Crippen LogP contribution < -0.4 is 11.1 Å². The van der Waals surface area contributed by atoms with Crippen molar-refractivity contribution in [1.29, 1.82) is 0 Å². The highest BCUT2D eigenvalue weighted by atomic mass is 35.5. The smallest absolute Gasteiger partial charge is 0.238 e. The largest absolute Gasteiger partial charge is 0.397 e. The Morgan fingerprint density at radius 2 is 2.05 bits per heavy atom. The summed E-state index contributed by atoms with van der Waals surface area (Å²) < 4.78 is 0. The third kappa shape index (κ3) is 6.80. The lowest BCUT2D eigenvalue weighted by Gasteiger charge is -2.21. The molecule has 0 bridgehead atoms. The maximum absolute atomic E-state index is 12.1. The average molecular weight is 313 g/mol. The van der Waals surface area contributed by atoms with Crippen LogP contribution in [-0.2, 0) is 4.79 Å². The van der Waals surface area contributed by atoms with Gasteiger partial charge in [-0.3, -0.25) is 9.69 Å². The van der Waals surface area contributed by atoms with Gasteiger partial charge in [0.1, 0.15) is 0 Å². The second-order valence-electron chi connectivity index (χ2n) is 5.31. The molecule has 0 heterocycles. The molecule has 0 aliphatic carbocycles. The minimum absolute atomic E-state index is 0.0735. The van der Waals surface area contributed by atoms with Crippen LogP contribution in [0.3, 0.4) is 0 Å². The maximum Gasteiger partial charge on any atom is 0.238 e. The average Bonchev–Trinajstić information content (AvgIpc) is 2.41. The molecule has 0 radical (unpaired) electrons. The van der Waals surface area contributed by atoms with Crippen molar-refractivity contribution in [2.24, 2.45) is 0 Å². The topological polar surface area (TPSA) is 61.6 Å². The van der Waals surface area contributed by atoms with Crippen molar-refractivity contribution in [1.82, 2.24) is 9.80 Å². The van der Waals surface area contributed by atoms with Crippen molar-refractivity contribution in [2.75, 3.05) is 51.3 Å². The molecule has 1 amide bonds. The molecule has 1 aromatic carbocycles. The second-order valence-corrected chi connectivity index (χ2v) is 5.74. The van der Waals surface area contributed by atoms with Crippen LogP contribution in [0.1, 0.15) is 13.3 Å². The molecule has 0 saturated heterocycles. The Labute approximate surface area is 132 Å². The van der Waals surface area contributed by atoms with Crippen LogP contribution in [0.5, 0.6) is 0 Å². The predicted molar refractivity (Wildman–Crippen MR) is 89.8 cm³/mol. The number of hydrogen-bond donors (Lipinski definition) is 2. The van der Waals surface area contributed by atoms with Gasteiger partial charge < -0.3 is 16.0 Å². The zero-order valence-corrected chi connectivity index (χ0v) is 13.8. The molecular formula is C15H25ClN4O. The fourth-order valence-electron chi connectivity index (χ4n) is 1.99. The van der Waals surface area contributed by atoms with E-state index in [4.69, 9.17) is 17.3 Å². The minimum atomic E-state index is -0.0735. The first-order valence-electron chi connectivity index (χ1n) is 7.14. The molecule has 1 aromatic rings. The third-order valence-electron chi connectivity index (χ3n) is 3.18. The Balaban J connectivity index is 2.49. The first-order valence-corrected chi connectivity index (χ1v) is 7.52. The van der Waals surface area contributed by atoms with Gasteiger partial charge in [-0.2, -0.15) is 0 Å². The predicted octanol–water partition coefficient (Wildman–Crippen LogP) is 2.13. The molecule has 3 N–H and O–H groups in total. The van der Waals surface area contributed by atoms with E-state index >= 15 is 0 Å². The standard InChI is InChI=1S/C15H25ClN4O/c1-4-20(9-5-8-19(2)3)11-15(21)18-14-10-12(16)6-7-13(14)17/h6-7,10H,4-5,8-9,11,17H2,1-3H3,(H,18,21). The van der Waals surface area contributed by atoms with E-state index in [0.717, 1.165) is 26.1 Å². The van der Waals surface area contributed by atoms with Gasteiger partial charge in [0.25, 0.3) is 0 Å². The van der Waals surface area contributed by atoms with E-state index in [-0.39, 0.29) is 5.91 Å². The molecule has 5 nitrogen and oxygen atoms in total. The van der Waals surface area contributed by atoms with Gasteiger partial charge in [-0.1, -0.05) is 18.5 Å². The number of nitrogens with one attached hydrogen (secondary N) is 1. The van der Waals surface area contributed by atoms with Gasteiger partial charge in [-0.25, -0.2) is 0 Å². The lowest BCUT2D eigenvalue weighted by Crippen LogP contribution is -2.35. The lowest BCUT2D eigenvalue weighted by molar-refractivity contribution is -0.117. The van der Waals surface area contributed by atoms with Gasteiger partial charge in [0.2, 0.25) is 5.91 Å². The summed E-state index contributed by atoms with van der Waals surface area (Å²) in [6.45, 7) is 5.16. The van der Waals surface area contributed by atoms with E-state index in [0.29, 0.717) is 22.9 Å². The SMILES string of the molecule is CCN(CCCN(C)C)CC(=O)Nc1cc(Cl)ccc1N. The molecule has 118 valence electrons. The second kappa shape index (κ2) is 8.87. The summed E-state index contributed by atoms with van der Waals surface area (Å²) in [5, 5.41) is 3.37. The molecule has 0 unspecified atom stereocenters. The van der Waals surface area contributed by atoms with E-state index in [2.05, 4.69) is 22.0 Å². The number of nitrogens with zero attached hydrogens (tertiary/aromatic N) is 2. The highest BCUT2D eigenvalue weighted by molar-refractivity contribution is 6.31. The van der Waals surface area contributed by atoms with Crippen LogP contribution in [0.4, 0.5) is 11.4 Å². The summed E-state index contributed by atoms with van der Waals surface area (Å²) in [4.78, 5) is 16.3. The highest BCUT2D eigenvalue weighted by Gasteiger charge is 2.11. The van der Waals surface area contributed by atoms with Crippen molar-refractivity contribution in [2.45, 2.75) is 13.3 Å². The van der Waals surface area contributed by atoms with Crippen LogP contribution in [-0.4, -0.2) is 56.0 Å². The number of benzene rings is 1. The quantitative estimate of drug-likeness (QED) is 0.722. The van der Waals surface area contributed by atoms with Gasteiger partial charge in [-0.15, -0.1) is 0 Å². The highest BCUT2D eigenvalue weighted by Crippen LogP contribution is 2.22. The molecule has 0 atom stereocenters. The summed E-state index contributed by atoms with van der Waals surface area (Å²) in [6.07, 6.45) is 1.04. The van der Waals surface area contributed by atoms with E-state index in [9.17, 15) is 4.79 Å². The summed E-state index contributed by atoms with van der Waals surface area (Å²) in [5.41, 5.74) is 6.91. The van der Waals surface area contributed by atoms with Crippen molar-refractivity contribution in [3.8, 4) is 0 Å². The zero-order chi connectivity index (χ0) is 15.8. The van der Waals surface area contributed by atoms with E-state index in [1.54, 1.807) is 18.2 Å². The van der Waals surface area contributed by atoms with E-state index < -0.39 is 0 Å². The number of likely N-dealkylation sites (N-methyl/N-ethyl adjacent to an activating group) is 1. The van der Waals surface area contributed by atoms with Crippen LogP contribution in [0, 0.1) is 0 Å². The van der Waals surface area contributed by atoms with Gasteiger partial charge in [0, 0.05) is 5.02 Å². The number of halogens is 1. The Morgan fingerprint density at radius 1 is 1.33 bits per heavy atom. The van der Waals surface area contributed by atoms with Gasteiger partial charge in [-0.05, 0) is 58.3 Å². The van der Waals surface area contributed by atoms with E-state index in [1.165, 1.54) is 0 Å². The van der Waals surface area contributed by atoms with Crippen molar-refractivity contribution in [3.63, 3.8) is 0 Å². The molecule has 21 heavy (non-hydrogen) atoms. The molecular weight excluding hydrogens is 288 g/mol. The van der Waals surface area contributed by atoms with Crippen molar-refractivity contribution >= 4 is 28.9 Å². The number of carbonyl (C=O) groups is 1. The van der Waals surface area contributed by atoms with Gasteiger partial charge in [0.05, 0.1) is 17.9 Å². The molecule has 0 saturated carbocycles. The van der Waals surface area contributed by atoms with Crippen LogP contribution in [0.2, 0.25) is 5.02 Å². The fourth-order valence-corrected chi connectivity index (χ4v) is 2.16. The van der Waals surface area contributed by atoms with Crippen LogP contribution >= 0.6 is 11.6 Å². The Morgan fingerprint density at radius 3 is 2.67 bits per heavy atom. The Bertz CT molecular complexity index is 465. The molecule has 0 fully saturated rings. The normalized spacial score (nSPS) is 11.1. The molecule has 0 aliphatic heterocycles. The maximum atomic E-state index is 12.1. The van der Waals surface area contributed by atoms with Gasteiger partial charge in [0.15, 0.2) is 0 Å². The lowest BCUT2D eigenvalue weighted by atomic mass is 10.2. The summed E-state index contributed by atoms with van der Waals surface area (Å²) >= 11 is 5.91. The van der Waals surface area contributed by atoms with Crippen molar-refractivity contribution < 1.29 is 4.79 Å². The Kier molecular flexibility index (Phi) is 7.50. The summed E-state index contributed by atoms with van der Waals surface area (Å²) in [6, 6.07) is 5.05. The monoisotopic (exact) mass is 312 g/mol. The molecule has 0 aromatic heterocycles. The summed E-state index contributed by atoms with van der Waals surface area (Å²) in [5.74, 6) is -0.0735. The van der Waals surface area contributed by atoms with Gasteiger partial charge >= 0.3 is 0 Å². The molecule has 0 spiro atoms. The number of carbonyl (C=O) groups excluding carboxylic acids is 1. The van der Waals surface area contributed by atoms with Crippen LogP contribution in [0.15, 0.2) is 18.2 Å². The first kappa shape index (κ1) is 17.8.